The highest BCUT2D eigenvalue weighted by molar-refractivity contribution is 8.03. The minimum absolute atomic E-state index is 0.178. The minimum Gasteiger partial charge on any atom is -0.744 e. The lowest BCUT2D eigenvalue weighted by Crippen LogP contribution is -2.33. The van der Waals surface area contributed by atoms with Gasteiger partial charge in [-0.1, -0.05) is 77.2 Å². The van der Waals surface area contributed by atoms with E-state index in [9.17, 15) is 13.0 Å². The number of anilines is 1. The Morgan fingerprint density at radius 3 is 2.44 bits per heavy atom. The highest BCUT2D eigenvalue weighted by Crippen LogP contribution is 2.45. The predicted octanol–water partition coefficient (Wildman–Crippen LogP) is 7.48. The van der Waals surface area contributed by atoms with Crippen molar-refractivity contribution in [2.24, 2.45) is 0 Å². The number of fused-ring (bicyclic) bond motifs is 2. The van der Waals surface area contributed by atoms with Gasteiger partial charge in [-0.05, 0) is 74.4 Å². The lowest BCUT2D eigenvalue weighted by atomic mass is 10.1. The topological polar surface area (TPSA) is 73.5 Å². The third-order valence-corrected chi connectivity index (χ3v) is 10.1. The van der Waals surface area contributed by atoms with Crippen LogP contribution in [-0.2, 0) is 21.4 Å². The molecule has 222 valence electrons. The summed E-state index contributed by atoms with van der Waals surface area (Å²) in [5.41, 5.74) is 5.94. The molecule has 0 atom stereocenters. The Morgan fingerprint density at radius 1 is 0.953 bits per heavy atom. The van der Waals surface area contributed by atoms with Crippen molar-refractivity contribution in [1.29, 1.82) is 0 Å². The average Bonchev–Trinajstić information content (AvgIpc) is 3.56. The summed E-state index contributed by atoms with van der Waals surface area (Å²) in [6.07, 6.45) is 11.1. The van der Waals surface area contributed by atoms with Crippen molar-refractivity contribution in [2.75, 3.05) is 24.7 Å². The molecule has 3 aromatic carbocycles. The number of para-hydroxylation sites is 2. The van der Waals surface area contributed by atoms with E-state index in [1.54, 1.807) is 12.1 Å². The predicted molar refractivity (Wildman–Crippen MR) is 176 cm³/mol. The fourth-order valence-corrected chi connectivity index (χ4v) is 7.59. The molecule has 9 heteroatoms. The van der Waals surface area contributed by atoms with Gasteiger partial charge in [-0.3, -0.25) is 0 Å². The zero-order chi connectivity index (χ0) is 30.4. The van der Waals surface area contributed by atoms with Crippen LogP contribution in [0.15, 0.2) is 123 Å². The van der Waals surface area contributed by atoms with Gasteiger partial charge in [-0.2, -0.15) is 4.57 Å². The van der Waals surface area contributed by atoms with E-state index < -0.39 is 10.1 Å². The molecule has 2 aliphatic rings. The Bertz CT molecular complexity index is 1830. The van der Waals surface area contributed by atoms with Gasteiger partial charge in [0.1, 0.15) is 21.4 Å². The molecule has 0 N–H and O–H groups in total. The van der Waals surface area contributed by atoms with E-state index >= 15 is 0 Å². The number of aryl methyl sites for hydroxylation is 2. The number of aromatic nitrogens is 1. The number of allylic oxidation sites excluding steroid dienone is 2. The van der Waals surface area contributed by atoms with Crippen LogP contribution in [0.2, 0.25) is 0 Å². The number of benzene rings is 3. The molecule has 0 amide bonds. The standard InChI is InChI=1S/C27H27N2OS2.C7H8O3S/c1-3-28-22-9-5-7-11-24(22)31-26(28)15-13-20-17-21(19-30-18-20)14-16-27-29(4-2)23-10-6-8-12-25(23)32-27;1-6-2-4-7(5-3-6)11(8,9)10/h5-17H,3-4,18-19H2,1-2H3;2-5H,1H3,(H,8,9,10)/q+1;/p-1. The molecule has 0 fully saturated rings. The summed E-state index contributed by atoms with van der Waals surface area (Å²) in [6.45, 7) is 9.46. The van der Waals surface area contributed by atoms with Crippen molar-refractivity contribution in [1.82, 2.24) is 0 Å². The first-order valence-corrected chi connectivity index (χ1v) is 17.2. The van der Waals surface area contributed by atoms with E-state index in [4.69, 9.17) is 4.74 Å². The van der Waals surface area contributed by atoms with Crippen LogP contribution in [0.5, 0.6) is 0 Å². The van der Waals surface area contributed by atoms with E-state index in [1.807, 2.05) is 30.0 Å². The average molecular weight is 631 g/mol. The Labute approximate surface area is 262 Å². The van der Waals surface area contributed by atoms with E-state index in [0.717, 1.165) is 18.7 Å². The first-order valence-electron chi connectivity index (χ1n) is 14.1. The van der Waals surface area contributed by atoms with Crippen LogP contribution in [0, 0.1) is 6.92 Å². The molecular formula is C34H34N2O4S3. The third-order valence-electron chi connectivity index (χ3n) is 7.00. The number of hydrogen-bond donors (Lipinski definition) is 0. The van der Waals surface area contributed by atoms with Crippen molar-refractivity contribution >= 4 is 55.2 Å². The fraction of sp³-hybridized carbons (Fsp3) is 0.206. The van der Waals surface area contributed by atoms with E-state index in [1.165, 1.54) is 54.1 Å². The van der Waals surface area contributed by atoms with Crippen LogP contribution in [-0.4, -0.2) is 32.7 Å². The van der Waals surface area contributed by atoms with E-state index in [2.05, 4.69) is 102 Å². The molecule has 0 aliphatic carbocycles. The van der Waals surface area contributed by atoms with Gasteiger partial charge in [0.25, 0.3) is 5.01 Å². The number of ether oxygens (including phenoxy) is 1. The maximum atomic E-state index is 10.4. The van der Waals surface area contributed by atoms with E-state index in [0.29, 0.717) is 13.2 Å². The molecule has 43 heavy (non-hydrogen) atoms. The maximum Gasteiger partial charge on any atom is 0.262 e. The zero-order valence-electron chi connectivity index (χ0n) is 24.4. The van der Waals surface area contributed by atoms with E-state index in [-0.39, 0.29) is 4.90 Å². The van der Waals surface area contributed by atoms with Crippen molar-refractivity contribution in [3.63, 3.8) is 0 Å². The lowest BCUT2D eigenvalue weighted by Gasteiger charge is -2.18. The molecule has 0 saturated carbocycles. The molecule has 0 spiro atoms. The van der Waals surface area contributed by atoms with Crippen molar-refractivity contribution in [3.05, 3.63) is 124 Å². The van der Waals surface area contributed by atoms with Crippen LogP contribution in [0.1, 0.15) is 24.4 Å². The maximum absolute atomic E-state index is 10.4. The van der Waals surface area contributed by atoms with Gasteiger partial charge in [-0.15, -0.1) is 0 Å². The molecule has 6 nitrogen and oxygen atoms in total. The molecule has 1 aromatic heterocycles. The first kappa shape index (κ1) is 31.0. The van der Waals surface area contributed by atoms with Gasteiger partial charge in [0.2, 0.25) is 5.52 Å². The molecule has 6 rings (SSSR count). The normalized spacial score (nSPS) is 16.9. The quantitative estimate of drug-likeness (QED) is 0.163. The summed E-state index contributed by atoms with van der Waals surface area (Å²) in [5, 5.41) is 2.54. The summed E-state index contributed by atoms with van der Waals surface area (Å²) in [6, 6.07) is 23.0. The summed E-state index contributed by atoms with van der Waals surface area (Å²) in [4.78, 5) is 3.52. The molecule has 3 heterocycles. The number of thiazole rings is 1. The Morgan fingerprint density at radius 2 is 1.70 bits per heavy atom. The first-order chi connectivity index (χ1) is 20.8. The summed E-state index contributed by atoms with van der Waals surface area (Å²) < 4.78 is 40.7. The number of rotatable bonds is 6. The third kappa shape index (κ3) is 7.55. The van der Waals surface area contributed by atoms with Crippen LogP contribution in [0.25, 0.3) is 16.3 Å². The van der Waals surface area contributed by atoms with Crippen molar-refractivity contribution < 1.29 is 22.3 Å². The summed E-state index contributed by atoms with van der Waals surface area (Å²) in [7, 11) is -4.27. The molecule has 0 unspecified atom stereocenters. The second-order valence-electron chi connectivity index (χ2n) is 10.0. The number of thioether (sulfide) groups is 1. The lowest BCUT2D eigenvalue weighted by molar-refractivity contribution is -0.665. The van der Waals surface area contributed by atoms with Crippen LogP contribution in [0.4, 0.5) is 5.69 Å². The molecule has 0 bridgehead atoms. The van der Waals surface area contributed by atoms with Crippen LogP contribution >= 0.6 is 23.1 Å². The summed E-state index contributed by atoms with van der Waals surface area (Å²) >= 11 is 3.67. The SMILES string of the molecule is CCN1/C(=C/C=C2C=C(/C=C/c3sc4ccccc4[n+]3CC)COC/2)Sc2ccccc21.Cc1ccc(S(=O)(=O)[O-])cc1. The molecular weight excluding hydrogens is 597 g/mol. The smallest absolute Gasteiger partial charge is 0.262 e. The van der Waals surface area contributed by atoms with Gasteiger partial charge in [0.05, 0.1) is 28.8 Å². The summed E-state index contributed by atoms with van der Waals surface area (Å²) in [5.74, 6) is 0. The second kappa shape index (κ2) is 13.9. The monoisotopic (exact) mass is 630 g/mol. The largest absolute Gasteiger partial charge is 0.744 e. The Kier molecular flexibility index (Phi) is 10.00. The molecule has 4 aromatic rings. The number of nitrogens with zero attached hydrogens (tertiary/aromatic N) is 2. The van der Waals surface area contributed by atoms with Crippen LogP contribution < -0.4 is 9.47 Å². The van der Waals surface area contributed by atoms with Crippen molar-refractivity contribution in [3.8, 4) is 0 Å². The highest BCUT2D eigenvalue weighted by Gasteiger charge is 2.22. The van der Waals surface area contributed by atoms with Crippen molar-refractivity contribution in [2.45, 2.75) is 37.1 Å². The highest BCUT2D eigenvalue weighted by atomic mass is 32.2. The van der Waals surface area contributed by atoms with Gasteiger partial charge in [-0.25, -0.2) is 8.42 Å². The van der Waals surface area contributed by atoms with Gasteiger partial charge in [0.15, 0.2) is 0 Å². The zero-order valence-corrected chi connectivity index (χ0v) is 26.8. The fourth-order valence-electron chi connectivity index (χ4n) is 4.87. The van der Waals surface area contributed by atoms with Gasteiger partial charge >= 0.3 is 0 Å². The van der Waals surface area contributed by atoms with Gasteiger partial charge in [0, 0.05) is 23.6 Å². The molecule has 0 radical (unpaired) electrons. The Hall–Kier alpha value is -3.47. The minimum atomic E-state index is -4.27. The molecule has 0 saturated heterocycles. The molecule has 2 aliphatic heterocycles. The van der Waals surface area contributed by atoms with Gasteiger partial charge < -0.3 is 14.2 Å². The van der Waals surface area contributed by atoms with Crippen LogP contribution in [0.3, 0.4) is 0 Å². The second-order valence-corrected chi connectivity index (χ2v) is 13.5. The Balaban J connectivity index is 0.000000283. The number of hydrogen-bond acceptors (Lipinski definition) is 7.